The molecule has 0 amide bonds. The Morgan fingerprint density at radius 1 is 1.35 bits per heavy atom. The Bertz CT molecular complexity index is 624. The van der Waals surface area contributed by atoms with Gasteiger partial charge in [0.1, 0.15) is 0 Å². The molecule has 4 nitrogen and oxygen atoms in total. The smallest absolute Gasteiger partial charge is 0.180 e. The Hall–Kier alpha value is -1.84. The minimum atomic E-state index is 0.587. The molecule has 20 heavy (non-hydrogen) atoms. The van der Waals surface area contributed by atoms with Crippen molar-refractivity contribution in [3.8, 4) is 0 Å². The van der Waals surface area contributed by atoms with Crippen molar-refractivity contribution in [3.05, 3.63) is 30.4 Å². The van der Waals surface area contributed by atoms with Gasteiger partial charge in [-0.2, -0.15) is 0 Å². The van der Waals surface area contributed by atoms with E-state index in [0.29, 0.717) is 5.92 Å². The maximum Gasteiger partial charge on any atom is 0.180 e. The van der Waals surface area contributed by atoms with Gasteiger partial charge in [-0.3, -0.25) is 0 Å². The molecule has 1 N–H and O–H groups in total. The standard InChI is InChI=1S/C16H22N4/c1-12(2)10-18-15-16-17-8-9-20(16)11-14(19-15)13-6-4-3-5-7-13/h6,8-9,11-12H,3-5,7,10H2,1-2H3,(H,18,19). The van der Waals surface area contributed by atoms with Gasteiger partial charge in [0.2, 0.25) is 0 Å². The van der Waals surface area contributed by atoms with E-state index in [9.17, 15) is 0 Å². The highest BCUT2D eigenvalue weighted by Crippen LogP contribution is 2.27. The molecule has 3 rings (SSSR count). The summed E-state index contributed by atoms with van der Waals surface area (Å²) in [5.41, 5.74) is 3.37. The van der Waals surface area contributed by atoms with E-state index in [0.717, 1.165) is 30.1 Å². The second-order valence-electron chi connectivity index (χ2n) is 5.88. The molecule has 2 heterocycles. The third kappa shape index (κ3) is 2.69. The van der Waals surface area contributed by atoms with Crippen LogP contribution in [0.2, 0.25) is 0 Å². The average Bonchev–Trinajstić information content (AvgIpc) is 2.94. The van der Waals surface area contributed by atoms with Gasteiger partial charge in [0, 0.05) is 25.1 Å². The van der Waals surface area contributed by atoms with Crippen LogP contribution in [0.15, 0.2) is 24.7 Å². The van der Waals surface area contributed by atoms with Crippen LogP contribution >= 0.6 is 0 Å². The quantitative estimate of drug-likeness (QED) is 0.920. The largest absolute Gasteiger partial charge is 0.367 e. The van der Waals surface area contributed by atoms with Gasteiger partial charge in [-0.05, 0) is 37.2 Å². The van der Waals surface area contributed by atoms with E-state index in [1.165, 1.54) is 24.8 Å². The summed E-state index contributed by atoms with van der Waals surface area (Å²) >= 11 is 0. The summed E-state index contributed by atoms with van der Waals surface area (Å²) in [6.45, 7) is 5.31. The fourth-order valence-corrected chi connectivity index (χ4v) is 2.58. The first-order chi connectivity index (χ1) is 9.74. The summed E-state index contributed by atoms with van der Waals surface area (Å²) in [6, 6.07) is 0. The van der Waals surface area contributed by atoms with E-state index < -0.39 is 0 Å². The van der Waals surface area contributed by atoms with Crippen LogP contribution in [-0.2, 0) is 0 Å². The van der Waals surface area contributed by atoms with Crippen molar-refractivity contribution >= 4 is 17.0 Å². The number of hydrogen-bond donors (Lipinski definition) is 1. The zero-order valence-corrected chi connectivity index (χ0v) is 12.3. The Balaban J connectivity index is 1.98. The molecule has 0 saturated heterocycles. The van der Waals surface area contributed by atoms with Crippen molar-refractivity contribution in [2.75, 3.05) is 11.9 Å². The predicted octanol–water partition coefficient (Wildman–Crippen LogP) is 3.75. The number of fused-ring (bicyclic) bond motifs is 1. The Kier molecular flexibility index (Phi) is 3.72. The van der Waals surface area contributed by atoms with Crippen molar-refractivity contribution in [2.24, 2.45) is 5.92 Å². The molecule has 2 aromatic heterocycles. The Labute approximate surface area is 119 Å². The topological polar surface area (TPSA) is 42.2 Å². The van der Waals surface area contributed by atoms with Crippen molar-refractivity contribution in [1.29, 1.82) is 0 Å². The lowest BCUT2D eigenvalue weighted by molar-refractivity contribution is 0.686. The molecule has 0 aromatic carbocycles. The highest BCUT2D eigenvalue weighted by Gasteiger charge is 2.12. The average molecular weight is 270 g/mol. The fourth-order valence-electron chi connectivity index (χ4n) is 2.58. The molecule has 0 spiro atoms. The zero-order chi connectivity index (χ0) is 13.9. The van der Waals surface area contributed by atoms with Crippen LogP contribution in [0.5, 0.6) is 0 Å². The molecule has 106 valence electrons. The van der Waals surface area contributed by atoms with Gasteiger partial charge in [-0.25, -0.2) is 9.97 Å². The summed E-state index contributed by atoms with van der Waals surface area (Å²) in [7, 11) is 0. The SMILES string of the molecule is CC(C)CNc1nc(C2=CCCCC2)cn2ccnc12. The van der Waals surface area contributed by atoms with Gasteiger partial charge in [0.15, 0.2) is 11.5 Å². The summed E-state index contributed by atoms with van der Waals surface area (Å²) in [6.07, 6.45) is 13.1. The second-order valence-corrected chi connectivity index (χ2v) is 5.88. The van der Waals surface area contributed by atoms with E-state index in [1.807, 2.05) is 12.4 Å². The van der Waals surface area contributed by atoms with Crippen LogP contribution in [0.25, 0.3) is 11.2 Å². The minimum Gasteiger partial charge on any atom is -0.367 e. The molecule has 0 saturated carbocycles. The van der Waals surface area contributed by atoms with Crippen molar-refractivity contribution in [2.45, 2.75) is 39.5 Å². The van der Waals surface area contributed by atoms with E-state index in [4.69, 9.17) is 4.98 Å². The summed E-state index contributed by atoms with van der Waals surface area (Å²) in [5.74, 6) is 1.48. The number of nitrogens with zero attached hydrogens (tertiary/aromatic N) is 3. The monoisotopic (exact) mass is 270 g/mol. The normalized spacial score (nSPS) is 15.7. The van der Waals surface area contributed by atoms with E-state index in [-0.39, 0.29) is 0 Å². The summed E-state index contributed by atoms with van der Waals surface area (Å²) in [5, 5.41) is 3.43. The molecular weight excluding hydrogens is 248 g/mol. The number of hydrogen-bond acceptors (Lipinski definition) is 3. The molecule has 1 aliphatic carbocycles. The molecular formula is C16H22N4. The highest BCUT2D eigenvalue weighted by molar-refractivity contribution is 5.69. The third-order valence-electron chi connectivity index (χ3n) is 3.67. The number of aromatic nitrogens is 3. The molecule has 4 heteroatoms. The van der Waals surface area contributed by atoms with Gasteiger partial charge in [-0.15, -0.1) is 0 Å². The van der Waals surface area contributed by atoms with Crippen LogP contribution in [0.3, 0.4) is 0 Å². The first-order valence-electron chi connectivity index (χ1n) is 7.51. The molecule has 2 aromatic rings. The van der Waals surface area contributed by atoms with E-state index >= 15 is 0 Å². The van der Waals surface area contributed by atoms with Gasteiger partial charge in [-0.1, -0.05) is 19.9 Å². The lowest BCUT2D eigenvalue weighted by atomic mass is 9.97. The van der Waals surface area contributed by atoms with Crippen LogP contribution < -0.4 is 5.32 Å². The fraction of sp³-hybridized carbons (Fsp3) is 0.500. The molecule has 0 bridgehead atoms. The van der Waals surface area contributed by atoms with E-state index in [1.54, 1.807) is 0 Å². The van der Waals surface area contributed by atoms with Crippen molar-refractivity contribution in [1.82, 2.24) is 14.4 Å². The van der Waals surface area contributed by atoms with Crippen LogP contribution in [0.4, 0.5) is 5.82 Å². The predicted molar refractivity (Wildman–Crippen MR) is 82.8 cm³/mol. The third-order valence-corrected chi connectivity index (χ3v) is 3.67. The van der Waals surface area contributed by atoms with Gasteiger partial charge in [0.05, 0.1) is 5.69 Å². The van der Waals surface area contributed by atoms with Crippen LogP contribution in [0, 0.1) is 5.92 Å². The first-order valence-corrected chi connectivity index (χ1v) is 7.51. The minimum absolute atomic E-state index is 0.587. The Morgan fingerprint density at radius 3 is 3.00 bits per heavy atom. The molecule has 0 atom stereocenters. The van der Waals surface area contributed by atoms with Gasteiger partial charge in [0.25, 0.3) is 0 Å². The summed E-state index contributed by atoms with van der Waals surface area (Å²) in [4.78, 5) is 9.21. The number of allylic oxidation sites excluding steroid dienone is 2. The lowest BCUT2D eigenvalue weighted by Crippen LogP contribution is -2.11. The number of rotatable bonds is 4. The number of anilines is 1. The van der Waals surface area contributed by atoms with E-state index in [2.05, 4.69) is 40.8 Å². The number of imidazole rings is 1. The maximum absolute atomic E-state index is 4.81. The van der Waals surface area contributed by atoms with Gasteiger partial charge >= 0.3 is 0 Å². The molecule has 0 fully saturated rings. The second kappa shape index (κ2) is 5.65. The molecule has 0 unspecified atom stereocenters. The maximum atomic E-state index is 4.81. The molecule has 0 aliphatic heterocycles. The Morgan fingerprint density at radius 2 is 2.25 bits per heavy atom. The lowest BCUT2D eigenvalue weighted by Gasteiger charge is -2.15. The molecule has 0 radical (unpaired) electrons. The number of nitrogens with one attached hydrogen (secondary N) is 1. The van der Waals surface area contributed by atoms with Crippen molar-refractivity contribution in [3.63, 3.8) is 0 Å². The zero-order valence-electron chi connectivity index (χ0n) is 12.3. The highest BCUT2D eigenvalue weighted by atomic mass is 15.1. The first kappa shape index (κ1) is 13.2. The van der Waals surface area contributed by atoms with Crippen molar-refractivity contribution < 1.29 is 0 Å². The van der Waals surface area contributed by atoms with Crippen LogP contribution in [0.1, 0.15) is 45.2 Å². The van der Waals surface area contributed by atoms with Gasteiger partial charge < -0.3 is 9.72 Å². The molecule has 1 aliphatic rings. The van der Waals surface area contributed by atoms with Crippen LogP contribution in [-0.4, -0.2) is 20.9 Å². The summed E-state index contributed by atoms with van der Waals surface area (Å²) < 4.78 is 2.07.